The van der Waals surface area contributed by atoms with Gasteiger partial charge in [0.2, 0.25) is 0 Å². The third-order valence-corrected chi connectivity index (χ3v) is 3.03. The summed E-state index contributed by atoms with van der Waals surface area (Å²) in [6, 6.07) is 0. The van der Waals surface area contributed by atoms with Crippen LogP contribution in [0.3, 0.4) is 0 Å². The van der Waals surface area contributed by atoms with Crippen LogP contribution in [0.15, 0.2) is 12.2 Å². The summed E-state index contributed by atoms with van der Waals surface area (Å²) in [6.07, 6.45) is 2.35. The summed E-state index contributed by atoms with van der Waals surface area (Å²) in [5.74, 6) is -3.99. The van der Waals surface area contributed by atoms with Gasteiger partial charge in [-0.2, -0.15) is 0 Å². The van der Waals surface area contributed by atoms with E-state index in [0.29, 0.717) is 0 Å². The highest BCUT2D eigenvalue weighted by Crippen LogP contribution is 2.44. The Hall–Kier alpha value is -1.85. The van der Waals surface area contributed by atoms with Gasteiger partial charge in [-0.05, 0) is 6.08 Å². The van der Waals surface area contributed by atoms with Crippen molar-refractivity contribution in [3.8, 4) is 0 Å². The van der Waals surface area contributed by atoms with Crippen LogP contribution in [0.5, 0.6) is 0 Å². The molecule has 3 rings (SSSR count). The van der Waals surface area contributed by atoms with Crippen molar-refractivity contribution in [1.82, 2.24) is 0 Å². The molecule has 0 unspecified atom stereocenters. The standard InChI is InChI=1S/C10H10O6/c1-15-7(11)6-4-5-2-3-10(6,8(12)13)9(14)16-5/h2-3,5-6H,4H2,1H3,(H,12,13)/t5-,6-,10+/m1/s1. The third-order valence-electron chi connectivity index (χ3n) is 3.03. The Labute approximate surface area is 90.8 Å². The van der Waals surface area contributed by atoms with Crippen molar-refractivity contribution in [2.45, 2.75) is 12.5 Å². The van der Waals surface area contributed by atoms with Gasteiger partial charge in [0, 0.05) is 6.42 Å². The number of carbonyl (C=O) groups excluding carboxylic acids is 2. The fourth-order valence-electron chi connectivity index (χ4n) is 2.14. The fraction of sp³-hybridized carbons (Fsp3) is 0.500. The molecule has 6 nitrogen and oxygen atoms in total. The van der Waals surface area contributed by atoms with E-state index < -0.39 is 35.3 Å². The Balaban J connectivity index is 2.49. The number of carboxylic acids is 1. The number of rotatable bonds is 2. The van der Waals surface area contributed by atoms with Crippen molar-refractivity contribution in [3.05, 3.63) is 12.2 Å². The van der Waals surface area contributed by atoms with Crippen molar-refractivity contribution in [1.29, 1.82) is 0 Å². The molecule has 2 aliphatic heterocycles. The Morgan fingerprint density at radius 3 is 2.81 bits per heavy atom. The van der Waals surface area contributed by atoms with Crippen LogP contribution in [0.25, 0.3) is 0 Å². The predicted octanol–water partition coefficient (Wildman–Crippen LogP) is -0.268. The molecule has 0 saturated carbocycles. The summed E-state index contributed by atoms with van der Waals surface area (Å²) in [5, 5.41) is 9.14. The third kappa shape index (κ3) is 1.16. The number of aliphatic carboxylic acids is 1. The first kappa shape index (κ1) is 10.7. The highest BCUT2D eigenvalue weighted by Gasteiger charge is 2.61. The van der Waals surface area contributed by atoms with Gasteiger partial charge < -0.3 is 14.6 Å². The maximum absolute atomic E-state index is 11.6. The monoisotopic (exact) mass is 226 g/mol. The minimum absolute atomic E-state index is 0.154. The van der Waals surface area contributed by atoms with E-state index in [0.717, 1.165) is 7.11 Å². The van der Waals surface area contributed by atoms with Crippen molar-refractivity contribution in [3.63, 3.8) is 0 Å². The van der Waals surface area contributed by atoms with Crippen LogP contribution in [0.2, 0.25) is 0 Å². The average molecular weight is 226 g/mol. The molecule has 1 N–H and O–H groups in total. The van der Waals surface area contributed by atoms with E-state index in [1.165, 1.54) is 12.2 Å². The summed E-state index contributed by atoms with van der Waals surface area (Å²) in [6.45, 7) is 0. The predicted molar refractivity (Wildman–Crippen MR) is 49.2 cm³/mol. The van der Waals surface area contributed by atoms with E-state index in [1.54, 1.807) is 0 Å². The average Bonchev–Trinajstić information content (AvgIpc) is 2.27. The van der Waals surface area contributed by atoms with Crippen molar-refractivity contribution < 1.29 is 29.0 Å². The van der Waals surface area contributed by atoms with Gasteiger partial charge in [-0.1, -0.05) is 6.08 Å². The van der Waals surface area contributed by atoms with E-state index in [-0.39, 0.29) is 6.42 Å². The first-order valence-electron chi connectivity index (χ1n) is 4.74. The zero-order valence-electron chi connectivity index (χ0n) is 8.50. The number of ether oxygens (including phenoxy) is 2. The minimum Gasteiger partial charge on any atom is -0.480 e. The molecule has 3 atom stereocenters. The molecule has 2 heterocycles. The number of methoxy groups -OCH3 is 1. The van der Waals surface area contributed by atoms with Gasteiger partial charge in [0.15, 0.2) is 5.41 Å². The van der Waals surface area contributed by atoms with E-state index in [9.17, 15) is 14.4 Å². The first-order valence-corrected chi connectivity index (χ1v) is 4.74. The van der Waals surface area contributed by atoms with Gasteiger partial charge >= 0.3 is 17.9 Å². The largest absolute Gasteiger partial charge is 0.480 e. The summed E-state index contributed by atoms with van der Waals surface area (Å²) in [5.41, 5.74) is -1.91. The lowest BCUT2D eigenvalue weighted by Gasteiger charge is -2.41. The molecule has 2 bridgehead atoms. The number of fused-ring (bicyclic) bond motifs is 2. The molecule has 3 aliphatic rings. The topological polar surface area (TPSA) is 89.9 Å². The lowest BCUT2D eigenvalue weighted by atomic mass is 9.67. The van der Waals surface area contributed by atoms with E-state index in [1.807, 2.05) is 0 Å². The molecule has 16 heavy (non-hydrogen) atoms. The van der Waals surface area contributed by atoms with E-state index in [2.05, 4.69) is 4.74 Å². The first-order chi connectivity index (χ1) is 7.52. The molecule has 6 heteroatoms. The second-order valence-corrected chi connectivity index (χ2v) is 3.79. The molecule has 0 radical (unpaired) electrons. The second-order valence-electron chi connectivity index (χ2n) is 3.79. The molecule has 1 aliphatic carbocycles. The van der Waals surface area contributed by atoms with Crippen LogP contribution in [0.1, 0.15) is 6.42 Å². The van der Waals surface area contributed by atoms with Crippen LogP contribution >= 0.6 is 0 Å². The van der Waals surface area contributed by atoms with Crippen molar-refractivity contribution in [2.24, 2.45) is 11.3 Å². The van der Waals surface area contributed by atoms with Crippen LogP contribution in [-0.2, 0) is 23.9 Å². The molecular formula is C10H10O6. The Bertz CT molecular complexity index is 398. The molecule has 0 spiro atoms. The summed E-state index contributed by atoms with van der Waals surface area (Å²) < 4.78 is 9.38. The van der Waals surface area contributed by atoms with Gasteiger partial charge in [-0.25, -0.2) is 0 Å². The normalized spacial score (nSPS) is 35.7. The second kappa shape index (κ2) is 3.33. The SMILES string of the molecule is COC(=O)[C@H]1C[C@H]2C=C[C@]1(C(=O)O)C(=O)O2. The molecular weight excluding hydrogens is 216 g/mol. The van der Waals surface area contributed by atoms with Crippen LogP contribution < -0.4 is 0 Å². The summed E-state index contributed by atoms with van der Waals surface area (Å²) in [7, 11) is 1.16. The zero-order chi connectivity index (χ0) is 11.9. The van der Waals surface area contributed by atoms with Crippen molar-refractivity contribution >= 4 is 17.9 Å². The van der Waals surface area contributed by atoms with Gasteiger partial charge in [-0.15, -0.1) is 0 Å². The molecule has 0 aromatic rings. The number of hydrogen-bond donors (Lipinski definition) is 1. The summed E-state index contributed by atoms with van der Waals surface area (Å²) >= 11 is 0. The molecule has 1 saturated heterocycles. The molecule has 0 aromatic carbocycles. The zero-order valence-corrected chi connectivity index (χ0v) is 8.50. The lowest BCUT2D eigenvalue weighted by molar-refractivity contribution is -0.189. The van der Waals surface area contributed by atoms with E-state index in [4.69, 9.17) is 9.84 Å². The highest BCUT2D eigenvalue weighted by atomic mass is 16.6. The van der Waals surface area contributed by atoms with Gasteiger partial charge in [0.05, 0.1) is 13.0 Å². The lowest BCUT2D eigenvalue weighted by Crippen LogP contribution is -2.56. The molecule has 0 aromatic heterocycles. The van der Waals surface area contributed by atoms with Crippen LogP contribution in [0.4, 0.5) is 0 Å². The van der Waals surface area contributed by atoms with Gasteiger partial charge in [0.1, 0.15) is 6.10 Å². The maximum atomic E-state index is 11.6. The summed E-state index contributed by atoms with van der Waals surface area (Å²) in [4.78, 5) is 34.3. The highest BCUT2D eigenvalue weighted by molar-refractivity contribution is 6.06. The minimum atomic E-state index is -1.91. The van der Waals surface area contributed by atoms with Crippen LogP contribution in [0, 0.1) is 11.3 Å². The Morgan fingerprint density at radius 2 is 2.31 bits per heavy atom. The number of esters is 2. The van der Waals surface area contributed by atoms with Crippen molar-refractivity contribution in [2.75, 3.05) is 7.11 Å². The Morgan fingerprint density at radius 1 is 1.62 bits per heavy atom. The van der Waals surface area contributed by atoms with Gasteiger partial charge in [-0.3, -0.25) is 14.4 Å². The Kier molecular flexibility index (Phi) is 2.22. The number of carbonyl (C=O) groups is 3. The van der Waals surface area contributed by atoms with Crippen LogP contribution in [-0.4, -0.2) is 36.2 Å². The number of hydrogen-bond acceptors (Lipinski definition) is 5. The quantitative estimate of drug-likeness (QED) is 0.396. The molecule has 0 amide bonds. The van der Waals surface area contributed by atoms with Gasteiger partial charge in [0.25, 0.3) is 0 Å². The molecule has 1 fully saturated rings. The van der Waals surface area contributed by atoms with E-state index >= 15 is 0 Å². The molecule has 86 valence electrons. The maximum Gasteiger partial charge on any atom is 0.328 e. The fourth-order valence-corrected chi connectivity index (χ4v) is 2.14. The smallest absolute Gasteiger partial charge is 0.328 e. The number of carboxylic acid groups (broad SMARTS) is 1.